The van der Waals surface area contributed by atoms with Gasteiger partial charge < -0.3 is 15.0 Å². The highest BCUT2D eigenvalue weighted by Gasteiger charge is 2.30. The molecule has 0 aliphatic heterocycles. The summed E-state index contributed by atoms with van der Waals surface area (Å²) in [5.41, 5.74) is 1.16. The van der Waals surface area contributed by atoms with Crippen LogP contribution in [-0.4, -0.2) is 57.1 Å². The van der Waals surface area contributed by atoms with Gasteiger partial charge in [-0.15, -0.1) is 0 Å². The highest BCUT2D eigenvalue weighted by molar-refractivity contribution is 7.92. The van der Waals surface area contributed by atoms with Gasteiger partial charge in [0.15, 0.2) is 0 Å². The summed E-state index contributed by atoms with van der Waals surface area (Å²) < 4.78 is 32.2. The maximum Gasteiger partial charge on any atom is 0.244 e. The van der Waals surface area contributed by atoms with Crippen molar-refractivity contribution in [2.24, 2.45) is 0 Å². The van der Waals surface area contributed by atoms with Crippen LogP contribution in [0.25, 0.3) is 10.8 Å². The smallest absolute Gasteiger partial charge is 0.244 e. The lowest BCUT2D eigenvalue weighted by molar-refractivity contribution is -0.139. The molecule has 36 heavy (non-hydrogen) atoms. The molecule has 3 aromatic rings. The molecule has 9 heteroatoms. The van der Waals surface area contributed by atoms with Crippen LogP contribution in [0.1, 0.15) is 26.3 Å². The number of hydrogen-bond acceptors (Lipinski definition) is 5. The van der Waals surface area contributed by atoms with Gasteiger partial charge in [0.1, 0.15) is 18.3 Å². The number of rotatable bonds is 10. The third kappa shape index (κ3) is 6.54. The van der Waals surface area contributed by atoms with Crippen LogP contribution < -0.4 is 14.4 Å². The summed E-state index contributed by atoms with van der Waals surface area (Å²) in [5.74, 6) is -0.201. The summed E-state index contributed by atoms with van der Waals surface area (Å²) in [6, 6.07) is 19.0. The standard InChI is InChI=1S/C27H33N3O5S/c1-19(2)28-27(32)20(3)29(17-21-10-8-13-23(16-21)35-4)26(31)18-30(36(5,33)34)25-15-9-12-22-11-6-7-14-24(22)25/h6-16,19-20H,17-18H2,1-5H3,(H,28,32). The van der Waals surface area contributed by atoms with Crippen molar-refractivity contribution in [3.63, 3.8) is 0 Å². The number of fused-ring (bicyclic) bond motifs is 1. The molecule has 192 valence electrons. The molecule has 1 unspecified atom stereocenters. The van der Waals surface area contributed by atoms with Crippen LogP contribution in [0.3, 0.4) is 0 Å². The zero-order chi connectivity index (χ0) is 26.5. The van der Waals surface area contributed by atoms with Gasteiger partial charge in [-0.1, -0.05) is 48.5 Å². The fraction of sp³-hybridized carbons (Fsp3) is 0.333. The zero-order valence-corrected chi connectivity index (χ0v) is 22.1. The van der Waals surface area contributed by atoms with E-state index in [4.69, 9.17) is 4.74 Å². The molecule has 0 radical (unpaired) electrons. The van der Waals surface area contributed by atoms with E-state index in [0.29, 0.717) is 16.8 Å². The van der Waals surface area contributed by atoms with Crippen molar-refractivity contribution in [1.82, 2.24) is 10.2 Å². The van der Waals surface area contributed by atoms with Crippen molar-refractivity contribution in [3.05, 3.63) is 72.3 Å². The molecule has 0 aliphatic carbocycles. The number of nitrogens with one attached hydrogen (secondary N) is 1. The molecule has 0 fully saturated rings. The predicted molar refractivity (Wildman–Crippen MR) is 142 cm³/mol. The van der Waals surface area contributed by atoms with E-state index in [1.165, 1.54) is 4.90 Å². The van der Waals surface area contributed by atoms with Crippen LogP contribution >= 0.6 is 0 Å². The minimum absolute atomic E-state index is 0.107. The summed E-state index contributed by atoms with van der Waals surface area (Å²) in [6.07, 6.45) is 1.07. The van der Waals surface area contributed by atoms with Crippen molar-refractivity contribution in [3.8, 4) is 5.75 Å². The predicted octanol–water partition coefficient (Wildman–Crippen LogP) is 3.56. The summed E-state index contributed by atoms with van der Waals surface area (Å²) in [5, 5.41) is 4.40. The SMILES string of the molecule is COc1cccc(CN(C(=O)CN(c2cccc3ccccc23)S(C)(=O)=O)C(C)C(=O)NC(C)C)c1. The van der Waals surface area contributed by atoms with E-state index in [0.717, 1.165) is 21.5 Å². The Bertz CT molecular complexity index is 1330. The quantitative estimate of drug-likeness (QED) is 0.449. The lowest BCUT2D eigenvalue weighted by atomic mass is 10.1. The number of carbonyl (C=O) groups excluding carboxylic acids is 2. The van der Waals surface area contributed by atoms with Crippen LogP contribution in [0.5, 0.6) is 5.75 Å². The van der Waals surface area contributed by atoms with Gasteiger partial charge in [0.2, 0.25) is 21.8 Å². The fourth-order valence-corrected chi connectivity index (χ4v) is 4.84. The summed E-state index contributed by atoms with van der Waals surface area (Å²) in [6.45, 7) is 4.97. The zero-order valence-electron chi connectivity index (χ0n) is 21.3. The van der Waals surface area contributed by atoms with Crippen LogP contribution in [0, 0.1) is 0 Å². The molecule has 0 heterocycles. The Morgan fingerprint density at radius 1 is 0.972 bits per heavy atom. The van der Waals surface area contributed by atoms with Gasteiger partial charge in [0.05, 0.1) is 19.1 Å². The van der Waals surface area contributed by atoms with Gasteiger partial charge in [0, 0.05) is 18.0 Å². The van der Waals surface area contributed by atoms with E-state index < -0.39 is 28.5 Å². The largest absolute Gasteiger partial charge is 0.497 e. The summed E-state index contributed by atoms with van der Waals surface area (Å²) in [4.78, 5) is 28.0. The van der Waals surface area contributed by atoms with Gasteiger partial charge in [-0.2, -0.15) is 0 Å². The van der Waals surface area contributed by atoms with Crippen molar-refractivity contribution >= 4 is 38.3 Å². The number of methoxy groups -OCH3 is 1. The fourth-order valence-electron chi connectivity index (χ4n) is 3.98. The third-order valence-electron chi connectivity index (χ3n) is 5.80. The number of ether oxygens (including phenoxy) is 1. The molecule has 0 aromatic heterocycles. The molecule has 1 atom stereocenters. The molecule has 0 saturated carbocycles. The normalized spacial score (nSPS) is 12.3. The van der Waals surface area contributed by atoms with Crippen molar-refractivity contribution in [2.75, 3.05) is 24.2 Å². The molecular formula is C27H33N3O5S. The lowest BCUT2D eigenvalue weighted by Crippen LogP contribution is -2.52. The second kappa shape index (κ2) is 11.4. The van der Waals surface area contributed by atoms with E-state index >= 15 is 0 Å². The van der Waals surface area contributed by atoms with Gasteiger partial charge >= 0.3 is 0 Å². The van der Waals surface area contributed by atoms with Crippen LogP contribution in [-0.2, 0) is 26.2 Å². The maximum absolute atomic E-state index is 13.7. The average Bonchev–Trinajstić information content (AvgIpc) is 2.84. The highest BCUT2D eigenvalue weighted by atomic mass is 32.2. The molecule has 3 rings (SSSR count). The Kier molecular flexibility index (Phi) is 8.57. The highest BCUT2D eigenvalue weighted by Crippen LogP contribution is 2.28. The van der Waals surface area contributed by atoms with E-state index in [1.54, 1.807) is 44.4 Å². The second-order valence-corrected chi connectivity index (χ2v) is 10.9. The second-order valence-electron chi connectivity index (χ2n) is 8.98. The Labute approximate surface area is 212 Å². The lowest BCUT2D eigenvalue weighted by Gasteiger charge is -2.32. The first-order chi connectivity index (χ1) is 17.0. The van der Waals surface area contributed by atoms with E-state index in [-0.39, 0.29) is 18.5 Å². The van der Waals surface area contributed by atoms with Crippen molar-refractivity contribution < 1.29 is 22.7 Å². The molecule has 2 amide bonds. The molecule has 1 N–H and O–H groups in total. The topological polar surface area (TPSA) is 96.0 Å². The number of anilines is 1. The van der Waals surface area contributed by atoms with Crippen molar-refractivity contribution in [1.29, 1.82) is 0 Å². The first-order valence-electron chi connectivity index (χ1n) is 11.7. The number of carbonyl (C=O) groups is 2. The average molecular weight is 512 g/mol. The molecule has 0 bridgehead atoms. The first-order valence-corrected chi connectivity index (χ1v) is 13.5. The molecule has 0 saturated heterocycles. The molecule has 0 spiro atoms. The Morgan fingerprint density at radius 2 is 1.64 bits per heavy atom. The van der Waals surface area contributed by atoms with E-state index in [1.807, 2.05) is 50.2 Å². The monoisotopic (exact) mass is 511 g/mol. The van der Waals surface area contributed by atoms with Gasteiger partial charge in [-0.25, -0.2) is 8.42 Å². The number of hydrogen-bond donors (Lipinski definition) is 1. The maximum atomic E-state index is 13.7. The Morgan fingerprint density at radius 3 is 2.31 bits per heavy atom. The molecule has 0 aliphatic rings. The number of sulfonamides is 1. The minimum Gasteiger partial charge on any atom is -0.497 e. The number of amides is 2. The summed E-state index contributed by atoms with van der Waals surface area (Å²) >= 11 is 0. The van der Waals surface area contributed by atoms with Crippen LogP contribution in [0.2, 0.25) is 0 Å². The Hall–Kier alpha value is -3.59. The van der Waals surface area contributed by atoms with Crippen molar-refractivity contribution in [2.45, 2.75) is 39.4 Å². The third-order valence-corrected chi connectivity index (χ3v) is 6.93. The Balaban J connectivity index is 2.00. The van der Waals surface area contributed by atoms with Gasteiger partial charge in [0.25, 0.3) is 0 Å². The number of benzene rings is 3. The van der Waals surface area contributed by atoms with Gasteiger partial charge in [-0.3, -0.25) is 13.9 Å². The van der Waals surface area contributed by atoms with E-state index in [9.17, 15) is 18.0 Å². The van der Waals surface area contributed by atoms with E-state index in [2.05, 4.69) is 5.32 Å². The van der Waals surface area contributed by atoms with Gasteiger partial charge in [-0.05, 0) is 49.9 Å². The molecule has 8 nitrogen and oxygen atoms in total. The minimum atomic E-state index is -3.82. The van der Waals surface area contributed by atoms with Crippen LogP contribution in [0.4, 0.5) is 5.69 Å². The van der Waals surface area contributed by atoms with Crippen LogP contribution in [0.15, 0.2) is 66.7 Å². The number of nitrogens with zero attached hydrogens (tertiary/aromatic N) is 2. The summed E-state index contributed by atoms with van der Waals surface area (Å²) in [7, 11) is -2.27. The molecular weight excluding hydrogens is 478 g/mol. The first kappa shape index (κ1) is 27.0. The molecule has 3 aromatic carbocycles.